The zero-order valence-electron chi connectivity index (χ0n) is 10.2. The molecule has 0 aliphatic heterocycles. The molecule has 0 aliphatic carbocycles. The van der Waals surface area contributed by atoms with Crippen LogP contribution in [0, 0.1) is 0 Å². The number of hydrogen-bond acceptors (Lipinski definition) is 4. The van der Waals surface area contributed by atoms with Gasteiger partial charge in [0, 0.05) is 12.6 Å². The molecular weight excluding hydrogens is 238 g/mol. The second-order valence-electron chi connectivity index (χ2n) is 3.79. The molecule has 0 saturated carbocycles. The molecule has 0 aliphatic rings. The molecule has 1 rings (SSSR count). The van der Waals surface area contributed by atoms with Crippen molar-refractivity contribution in [3.63, 3.8) is 0 Å². The van der Waals surface area contributed by atoms with E-state index in [9.17, 15) is 4.79 Å². The van der Waals surface area contributed by atoms with Crippen molar-refractivity contribution in [2.24, 2.45) is 0 Å². The fourth-order valence-corrected chi connectivity index (χ4v) is 1.95. The second-order valence-corrected chi connectivity index (χ2v) is 4.66. The van der Waals surface area contributed by atoms with Crippen LogP contribution in [0.3, 0.4) is 0 Å². The molecule has 0 fully saturated rings. The summed E-state index contributed by atoms with van der Waals surface area (Å²) in [7, 11) is 0. The van der Waals surface area contributed by atoms with E-state index in [1.54, 1.807) is 17.8 Å². The molecule has 1 heterocycles. The molecule has 0 aromatic carbocycles. The van der Waals surface area contributed by atoms with Crippen molar-refractivity contribution in [1.82, 2.24) is 5.32 Å². The summed E-state index contributed by atoms with van der Waals surface area (Å²) in [6.07, 6.45) is 3.35. The van der Waals surface area contributed by atoms with Crippen LogP contribution in [-0.2, 0) is 5.75 Å². The first kappa shape index (κ1) is 14.1. The minimum absolute atomic E-state index is 0.00148. The summed E-state index contributed by atoms with van der Waals surface area (Å²) in [6.45, 7) is 2.05. The highest BCUT2D eigenvalue weighted by Crippen LogP contribution is 2.13. The molecule has 1 amide bonds. The average molecular weight is 257 g/mol. The number of carbonyl (C=O) groups excluding carboxylic acids is 1. The highest BCUT2D eigenvalue weighted by molar-refractivity contribution is 7.97. The molecule has 2 N–H and O–H groups in total. The van der Waals surface area contributed by atoms with Crippen molar-refractivity contribution in [2.75, 3.05) is 12.9 Å². The maximum absolute atomic E-state index is 11.8. The van der Waals surface area contributed by atoms with E-state index in [0.29, 0.717) is 12.2 Å². The zero-order valence-corrected chi connectivity index (χ0v) is 11.0. The van der Waals surface area contributed by atoms with E-state index >= 15 is 0 Å². The van der Waals surface area contributed by atoms with Gasteiger partial charge in [0.15, 0.2) is 5.76 Å². The van der Waals surface area contributed by atoms with Crippen molar-refractivity contribution in [3.8, 4) is 0 Å². The van der Waals surface area contributed by atoms with E-state index in [-0.39, 0.29) is 18.6 Å². The Bertz CT molecular complexity index is 351. The van der Waals surface area contributed by atoms with Gasteiger partial charge in [-0.3, -0.25) is 4.79 Å². The van der Waals surface area contributed by atoms with Crippen LogP contribution in [0.2, 0.25) is 0 Å². The summed E-state index contributed by atoms with van der Waals surface area (Å²) in [4.78, 5) is 11.8. The van der Waals surface area contributed by atoms with Crippen molar-refractivity contribution >= 4 is 17.7 Å². The Balaban J connectivity index is 2.55. The molecule has 5 heteroatoms. The average Bonchev–Trinajstić information content (AvgIpc) is 2.77. The number of rotatable bonds is 7. The summed E-state index contributed by atoms with van der Waals surface area (Å²) in [5, 5.41) is 11.7. The summed E-state index contributed by atoms with van der Waals surface area (Å²) < 4.78 is 5.41. The highest BCUT2D eigenvalue weighted by atomic mass is 32.2. The van der Waals surface area contributed by atoms with Crippen molar-refractivity contribution in [2.45, 2.75) is 31.6 Å². The fourth-order valence-electron chi connectivity index (χ4n) is 1.51. The van der Waals surface area contributed by atoms with Gasteiger partial charge in [-0.2, -0.15) is 11.8 Å². The van der Waals surface area contributed by atoms with E-state index in [2.05, 4.69) is 5.32 Å². The van der Waals surface area contributed by atoms with Crippen LogP contribution in [0.25, 0.3) is 0 Å². The molecule has 17 heavy (non-hydrogen) atoms. The predicted molar refractivity (Wildman–Crippen MR) is 69.2 cm³/mol. The van der Waals surface area contributed by atoms with E-state index in [4.69, 9.17) is 9.52 Å². The maximum Gasteiger partial charge on any atom is 0.287 e. The van der Waals surface area contributed by atoms with E-state index in [0.717, 1.165) is 17.9 Å². The first-order valence-electron chi connectivity index (χ1n) is 5.70. The Morgan fingerprint density at radius 2 is 2.35 bits per heavy atom. The normalized spacial score (nSPS) is 12.4. The fraction of sp³-hybridized carbons (Fsp3) is 0.583. The lowest BCUT2D eigenvalue weighted by Gasteiger charge is -2.14. The van der Waals surface area contributed by atoms with Gasteiger partial charge in [0.2, 0.25) is 0 Å². The second kappa shape index (κ2) is 7.40. The SMILES string of the molecule is CCC(CCO)NC(=O)c1ccc(CSC)o1. The van der Waals surface area contributed by atoms with E-state index < -0.39 is 0 Å². The topological polar surface area (TPSA) is 62.5 Å². The molecule has 0 radical (unpaired) electrons. The van der Waals surface area contributed by atoms with Crippen LogP contribution in [-0.4, -0.2) is 29.9 Å². The van der Waals surface area contributed by atoms with Gasteiger partial charge in [-0.05, 0) is 31.2 Å². The third-order valence-corrected chi connectivity index (χ3v) is 3.05. The van der Waals surface area contributed by atoms with Gasteiger partial charge in [0.05, 0.1) is 5.75 Å². The lowest BCUT2D eigenvalue weighted by molar-refractivity contribution is 0.0899. The predicted octanol–water partition coefficient (Wildman–Crippen LogP) is 2.03. The molecule has 0 spiro atoms. The zero-order chi connectivity index (χ0) is 12.7. The Morgan fingerprint density at radius 3 is 2.94 bits per heavy atom. The van der Waals surface area contributed by atoms with E-state index in [1.807, 2.05) is 19.2 Å². The summed E-state index contributed by atoms with van der Waals surface area (Å²) in [5.74, 6) is 1.70. The number of aliphatic hydroxyl groups is 1. The quantitative estimate of drug-likeness (QED) is 0.784. The first-order chi connectivity index (χ1) is 8.21. The number of carbonyl (C=O) groups is 1. The number of nitrogens with one attached hydrogen (secondary N) is 1. The van der Waals surface area contributed by atoms with Crippen molar-refractivity contribution in [3.05, 3.63) is 23.7 Å². The molecule has 1 unspecified atom stereocenters. The lowest BCUT2D eigenvalue weighted by Crippen LogP contribution is -2.34. The Hall–Kier alpha value is -0.940. The molecule has 96 valence electrons. The highest BCUT2D eigenvalue weighted by Gasteiger charge is 2.14. The van der Waals surface area contributed by atoms with Crippen LogP contribution in [0.15, 0.2) is 16.5 Å². The van der Waals surface area contributed by atoms with Gasteiger partial charge < -0.3 is 14.8 Å². The number of aliphatic hydroxyl groups excluding tert-OH is 1. The largest absolute Gasteiger partial charge is 0.455 e. The lowest BCUT2D eigenvalue weighted by atomic mass is 10.1. The monoisotopic (exact) mass is 257 g/mol. The third-order valence-electron chi connectivity index (χ3n) is 2.48. The minimum atomic E-state index is -0.211. The molecule has 0 saturated heterocycles. The molecule has 4 nitrogen and oxygen atoms in total. The Kier molecular flexibility index (Phi) is 6.15. The molecular formula is C12H19NO3S. The van der Waals surface area contributed by atoms with Crippen LogP contribution in [0.1, 0.15) is 36.1 Å². The minimum Gasteiger partial charge on any atom is -0.455 e. The number of thioether (sulfide) groups is 1. The summed E-state index contributed by atoms with van der Waals surface area (Å²) >= 11 is 1.65. The Morgan fingerprint density at radius 1 is 1.59 bits per heavy atom. The van der Waals surface area contributed by atoms with E-state index in [1.165, 1.54) is 0 Å². The maximum atomic E-state index is 11.8. The van der Waals surface area contributed by atoms with Gasteiger partial charge in [-0.1, -0.05) is 6.92 Å². The van der Waals surface area contributed by atoms with Gasteiger partial charge in [-0.25, -0.2) is 0 Å². The van der Waals surface area contributed by atoms with Crippen LogP contribution in [0.4, 0.5) is 0 Å². The van der Waals surface area contributed by atoms with Gasteiger partial charge >= 0.3 is 0 Å². The number of hydrogen-bond donors (Lipinski definition) is 2. The molecule has 1 atom stereocenters. The Labute approximate surface area is 106 Å². The summed E-state index contributed by atoms with van der Waals surface area (Å²) in [5.41, 5.74) is 0. The van der Waals surface area contributed by atoms with Gasteiger partial charge in [-0.15, -0.1) is 0 Å². The standard InChI is InChI=1S/C12H19NO3S/c1-3-9(6-7-14)13-12(15)11-5-4-10(16-11)8-17-2/h4-5,9,14H,3,6-8H2,1-2H3,(H,13,15). The number of amides is 1. The molecule has 1 aromatic rings. The number of furan rings is 1. The van der Waals surface area contributed by atoms with Crippen LogP contribution < -0.4 is 5.32 Å². The summed E-state index contributed by atoms with van der Waals surface area (Å²) in [6, 6.07) is 3.51. The first-order valence-corrected chi connectivity index (χ1v) is 7.10. The van der Waals surface area contributed by atoms with Crippen molar-refractivity contribution < 1.29 is 14.3 Å². The third kappa shape index (κ3) is 4.44. The van der Waals surface area contributed by atoms with Gasteiger partial charge in [0.25, 0.3) is 5.91 Å². The molecule has 0 bridgehead atoms. The van der Waals surface area contributed by atoms with Gasteiger partial charge in [0.1, 0.15) is 5.76 Å². The van der Waals surface area contributed by atoms with Crippen LogP contribution in [0.5, 0.6) is 0 Å². The molecule has 1 aromatic heterocycles. The smallest absolute Gasteiger partial charge is 0.287 e. The van der Waals surface area contributed by atoms with Crippen LogP contribution >= 0.6 is 11.8 Å². The van der Waals surface area contributed by atoms with Crippen molar-refractivity contribution in [1.29, 1.82) is 0 Å².